The van der Waals surface area contributed by atoms with Gasteiger partial charge in [-0.25, -0.2) is 9.36 Å². The number of allylic oxidation sites excluding steroid dienone is 5. The van der Waals surface area contributed by atoms with Gasteiger partial charge in [-0.05, 0) is 50.9 Å². The third kappa shape index (κ3) is 36.6. The maximum atomic E-state index is 12.5. The van der Waals surface area contributed by atoms with E-state index < -0.39 is 32.5 Å². The van der Waals surface area contributed by atoms with Gasteiger partial charge >= 0.3 is 19.8 Å². The Bertz CT molecular complexity index is 970. The minimum Gasteiger partial charge on any atom is -0.462 e. The van der Waals surface area contributed by atoms with Crippen LogP contribution in [0.5, 0.6) is 0 Å². The Labute approximate surface area is 318 Å². The number of nitrogens with two attached hydrogens (primary N) is 1. The number of carbonyl (C=O) groups is 2. The highest BCUT2D eigenvalue weighted by atomic mass is 31.2. The van der Waals surface area contributed by atoms with E-state index >= 15 is 0 Å². The molecule has 0 heterocycles. The molecule has 3 atom stereocenters. The summed E-state index contributed by atoms with van der Waals surface area (Å²) in [6.07, 6.45) is 39.5. The van der Waals surface area contributed by atoms with E-state index in [1.54, 1.807) is 12.2 Å². The molecule has 9 nitrogen and oxygen atoms in total. The summed E-state index contributed by atoms with van der Waals surface area (Å²) in [7, 11) is -4.40. The smallest absolute Gasteiger partial charge is 0.462 e. The molecule has 0 aromatic heterocycles. The predicted octanol–water partition coefficient (Wildman–Crippen LogP) is 11.6. The molecule has 0 bridgehead atoms. The maximum Gasteiger partial charge on any atom is 0.472 e. The lowest BCUT2D eigenvalue weighted by atomic mass is 9.99. The van der Waals surface area contributed by atoms with E-state index in [1.807, 2.05) is 6.08 Å². The van der Waals surface area contributed by atoms with E-state index in [-0.39, 0.29) is 26.2 Å². The van der Waals surface area contributed by atoms with E-state index in [2.05, 4.69) is 32.9 Å². The molecule has 52 heavy (non-hydrogen) atoms. The van der Waals surface area contributed by atoms with Crippen molar-refractivity contribution in [1.82, 2.24) is 0 Å². The van der Waals surface area contributed by atoms with Crippen molar-refractivity contribution in [2.24, 2.45) is 11.7 Å². The second-order valence-corrected chi connectivity index (χ2v) is 15.6. The molecule has 304 valence electrons. The van der Waals surface area contributed by atoms with Gasteiger partial charge in [-0.1, -0.05) is 160 Å². The molecule has 0 radical (unpaired) electrons. The molecule has 0 fully saturated rings. The van der Waals surface area contributed by atoms with Crippen molar-refractivity contribution < 1.29 is 37.6 Å². The number of unbranched alkanes of at least 4 members (excludes halogenated alkanes) is 19. The summed E-state index contributed by atoms with van der Waals surface area (Å²) < 4.78 is 32.5. The van der Waals surface area contributed by atoms with E-state index in [1.165, 1.54) is 109 Å². The van der Waals surface area contributed by atoms with Crippen LogP contribution >= 0.6 is 7.82 Å². The molecule has 0 saturated carbocycles. The number of esters is 2. The Hall–Kier alpha value is -1.77. The van der Waals surface area contributed by atoms with Crippen molar-refractivity contribution in [3.63, 3.8) is 0 Å². The number of rotatable bonds is 38. The lowest BCUT2D eigenvalue weighted by molar-refractivity contribution is -0.157. The quantitative estimate of drug-likeness (QED) is 0.0158. The van der Waals surface area contributed by atoms with Gasteiger partial charge in [-0.15, -0.1) is 0 Å². The predicted molar refractivity (Wildman–Crippen MR) is 215 cm³/mol. The van der Waals surface area contributed by atoms with Gasteiger partial charge in [0, 0.05) is 19.0 Å². The van der Waals surface area contributed by atoms with Gasteiger partial charge in [0.05, 0.1) is 13.2 Å². The number of phosphoric ester groups is 1. The molecule has 0 spiro atoms. The zero-order valence-electron chi connectivity index (χ0n) is 33.5. The number of carbonyl (C=O) groups excluding carboxylic acids is 2. The molecular formula is C42H78NO8P. The van der Waals surface area contributed by atoms with Crippen LogP contribution in [0.3, 0.4) is 0 Å². The van der Waals surface area contributed by atoms with Gasteiger partial charge < -0.3 is 20.1 Å². The Morgan fingerprint density at radius 2 is 1.23 bits per heavy atom. The fraction of sp³-hybridized carbons (Fsp3) is 0.810. The maximum absolute atomic E-state index is 12.5. The van der Waals surface area contributed by atoms with Crippen molar-refractivity contribution in [2.75, 3.05) is 26.4 Å². The fourth-order valence-corrected chi connectivity index (χ4v) is 6.39. The first-order chi connectivity index (χ1) is 25.2. The Balaban J connectivity index is 4.30. The highest BCUT2D eigenvalue weighted by Gasteiger charge is 2.25. The summed E-state index contributed by atoms with van der Waals surface area (Å²) in [5.41, 5.74) is 5.33. The molecule has 0 saturated heterocycles. The summed E-state index contributed by atoms with van der Waals surface area (Å²) in [5.74, 6) is -0.235. The summed E-state index contributed by atoms with van der Waals surface area (Å²) >= 11 is 0. The van der Waals surface area contributed by atoms with E-state index in [9.17, 15) is 19.0 Å². The van der Waals surface area contributed by atoms with Gasteiger partial charge in [0.15, 0.2) is 6.10 Å². The average Bonchev–Trinajstić information content (AvgIpc) is 3.13. The Kier molecular flexibility index (Phi) is 36.3. The van der Waals surface area contributed by atoms with Gasteiger partial charge in [-0.2, -0.15) is 0 Å². The van der Waals surface area contributed by atoms with Crippen molar-refractivity contribution in [2.45, 2.75) is 187 Å². The second kappa shape index (κ2) is 37.5. The van der Waals surface area contributed by atoms with Crippen LogP contribution in [0.4, 0.5) is 0 Å². The van der Waals surface area contributed by atoms with Crippen LogP contribution in [-0.2, 0) is 32.7 Å². The zero-order chi connectivity index (χ0) is 38.4. The highest BCUT2D eigenvalue weighted by molar-refractivity contribution is 7.47. The van der Waals surface area contributed by atoms with E-state index in [4.69, 9.17) is 24.3 Å². The lowest BCUT2D eigenvalue weighted by Gasteiger charge is -2.19. The molecule has 2 unspecified atom stereocenters. The Morgan fingerprint density at radius 1 is 0.692 bits per heavy atom. The minimum atomic E-state index is -4.40. The minimum absolute atomic E-state index is 0.0390. The first-order valence-electron chi connectivity index (χ1n) is 20.9. The second-order valence-electron chi connectivity index (χ2n) is 14.2. The third-order valence-corrected chi connectivity index (χ3v) is 10.1. The number of phosphoric acid groups is 1. The van der Waals surface area contributed by atoms with E-state index in [0.29, 0.717) is 6.42 Å². The lowest BCUT2D eigenvalue weighted by Crippen LogP contribution is -2.29. The first-order valence-corrected chi connectivity index (χ1v) is 22.4. The monoisotopic (exact) mass is 756 g/mol. The molecule has 0 aromatic rings. The zero-order valence-corrected chi connectivity index (χ0v) is 34.3. The van der Waals surface area contributed by atoms with Gasteiger partial charge in [0.25, 0.3) is 0 Å². The van der Waals surface area contributed by atoms with Crippen molar-refractivity contribution in [1.29, 1.82) is 0 Å². The Morgan fingerprint density at radius 3 is 1.81 bits per heavy atom. The van der Waals surface area contributed by atoms with Crippen molar-refractivity contribution >= 4 is 19.8 Å². The number of ether oxygens (including phenoxy) is 2. The number of hydrogen-bond donors (Lipinski definition) is 2. The average molecular weight is 756 g/mol. The molecule has 0 aliphatic rings. The molecule has 3 N–H and O–H groups in total. The van der Waals surface area contributed by atoms with Crippen LogP contribution in [0.1, 0.15) is 181 Å². The molecule has 0 aromatic carbocycles. The van der Waals surface area contributed by atoms with Gasteiger partial charge in [-0.3, -0.25) is 13.8 Å². The largest absolute Gasteiger partial charge is 0.472 e. The van der Waals surface area contributed by atoms with Crippen LogP contribution in [0.25, 0.3) is 0 Å². The summed E-state index contributed by atoms with van der Waals surface area (Å²) in [6.45, 7) is 5.94. The molecule has 10 heteroatoms. The number of hydrogen-bond acceptors (Lipinski definition) is 8. The van der Waals surface area contributed by atoms with E-state index in [0.717, 1.165) is 50.9 Å². The molecule has 0 aliphatic heterocycles. The van der Waals surface area contributed by atoms with Crippen LogP contribution < -0.4 is 5.73 Å². The fourth-order valence-electron chi connectivity index (χ4n) is 5.63. The molecule has 0 rings (SSSR count). The van der Waals surface area contributed by atoms with Crippen LogP contribution in [0, 0.1) is 5.92 Å². The topological polar surface area (TPSA) is 134 Å². The SMILES string of the molecule is CCCCCCCC/C=C\CCCCCCCC(=O)OC[C@H](COP(=O)(O)OCCN)OC(=O)/C=C/C=C/CCCCCCCCCCC(C)CC. The summed E-state index contributed by atoms with van der Waals surface area (Å²) in [4.78, 5) is 34.7. The molecule has 0 amide bonds. The van der Waals surface area contributed by atoms with Crippen LogP contribution in [0.15, 0.2) is 36.5 Å². The first kappa shape index (κ1) is 50.2. The third-order valence-electron chi connectivity index (χ3n) is 9.15. The van der Waals surface area contributed by atoms with Gasteiger partial charge in [0.2, 0.25) is 0 Å². The molecular weight excluding hydrogens is 677 g/mol. The van der Waals surface area contributed by atoms with Gasteiger partial charge in [0.1, 0.15) is 6.61 Å². The highest BCUT2D eigenvalue weighted by Crippen LogP contribution is 2.43. The standard InChI is InChI=1S/C42H78NO8P/c1-4-6-7-8-9-10-11-12-13-14-18-21-24-27-30-33-41(44)48-37-40(38-50-52(46,47)49-36-35-43)51-42(45)34-31-28-25-22-19-16-15-17-20-23-26-29-32-39(3)5-2/h12-13,25,28,31,34,39-40H,4-11,14-24,26-27,29-30,32-33,35-38,43H2,1-3H3,(H,46,47)/b13-12-,28-25+,34-31+/t39?,40-/m1/s1. The summed E-state index contributed by atoms with van der Waals surface area (Å²) in [6, 6.07) is 0. The molecule has 0 aliphatic carbocycles. The summed E-state index contributed by atoms with van der Waals surface area (Å²) in [5, 5.41) is 0. The van der Waals surface area contributed by atoms with Crippen LogP contribution in [-0.4, -0.2) is 49.3 Å². The normalized spacial score (nSPS) is 14.3. The van der Waals surface area contributed by atoms with Crippen molar-refractivity contribution in [3.05, 3.63) is 36.5 Å². The van der Waals surface area contributed by atoms with Crippen molar-refractivity contribution in [3.8, 4) is 0 Å². The van der Waals surface area contributed by atoms with Crippen LogP contribution in [0.2, 0.25) is 0 Å².